The van der Waals surface area contributed by atoms with Crippen LogP contribution in [-0.4, -0.2) is 25.9 Å². The second-order valence-corrected chi connectivity index (χ2v) is 13.4. The minimum atomic E-state index is -4.10. The maximum atomic E-state index is 11.3. The summed E-state index contributed by atoms with van der Waals surface area (Å²) in [6.07, 6.45) is 21.0. The molecule has 40 heavy (non-hydrogen) atoms. The van der Waals surface area contributed by atoms with Gasteiger partial charge in [0, 0.05) is 0 Å². The summed E-state index contributed by atoms with van der Waals surface area (Å²) in [6, 6.07) is 13.4. The van der Waals surface area contributed by atoms with Crippen LogP contribution in [0.1, 0.15) is 128 Å². The second-order valence-electron chi connectivity index (χ2n) is 10.6. The van der Waals surface area contributed by atoms with Crippen molar-refractivity contribution in [2.45, 2.75) is 139 Å². The van der Waals surface area contributed by atoms with E-state index in [-0.39, 0.29) is 9.79 Å². The lowest BCUT2D eigenvalue weighted by Crippen LogP contribution is -2.03. The molecule has 8 heteroatoms. The Hall–Kier alpha value is -1.74. The molecule has 0 aliphatic heterocycles. The Bertz CT molecular complexity index is 1140. The molecule has 0 amide bonds. The van der Waals surface area contributed by atoms with Gasteiger partial charge < -0.3 is 0 Å². The number of benzene rings is 2. The zero-order chi connectivity index (χ0) is 29.7. The maximum absolute atomic E-state index is 11.3. The van der Waals surface area contributed by atoms with E-state index in [4.69, 9.17) is 4.55 Å². The molecule has 0 spiro atoms. The van der Waals surface area contributed by atoms with E-state index in [1.807, 2.05) is 6.07 Å². The van der Waals surface area contributed by atoms with Gasteiger partial charge in [-0.15, -0.1) is 0 Å². The van der Waals surface area contributed by atoms with Gasteiger partial charge in [-0.25, -0.2) is 0 Å². The molecule has 0 saturated heterocycles. The number of hydrogen-bond acceptors (Lipinski definition) is 4. The van der Waals surface area contributed by atoms with E-state index >= 15 is 0 Å². The summed E-state index contributed by atoms with van der Waals surface area (Å²) >= 11 is 0. The highest BCUT2D eigenvalue weighted by atomic mass is 32.2. The van der Waals surface area contributed by atoms with Crippen LogP contribution in [0.25, 0.3) is 0 Å². The molecule has 0 aliphatic rings. The van der Waals surface area contributed by atoms with Crippen LogP contribution >= 0.6 is 0 Å². The molecule has 0 unspecified atom stereocenters. The van der Waals surface area contributed by atoms with Gasteiger partial charge in [-0.05, 0) is 48.9 Å². The van der Waals surface area contributed by atoms with E-state index in [2.05, 4.69) is 13.8 Å². The van der Waals surface area contributed by atoms with E-state index < -0.39 is 20.2 Å². The van der Waals surface area contributed by atoms with E-state index in [0.717, 1.165) is 36.8 Å². The van der Waals surface area contributed by atoms with Crippen LogP contribution in [0.3, 0.4) is 0 Å². The molecule has 0 radical (unpaired) electrons. The Morgan fingerprint density at radius 3 is 1.02 bits per heavy atom. The van der Waals surface area contributed by atoms with Gasteiger partial charge in [0.2, 0.25) is 0 Å². The molecule has 0 fully saturated rings. The SMILES string of the molecule is CCCCCCCCCCCCc1ccccc1S(=O)(=O)O.CCCCCCCCc1ccccc1S(=O)(=O)O. The van der Waals surface area contributed by atoms with Crippen LogP contribution < -0.4 is 0 Å². The van der Waals surface area contributed by atoms with Crippen LogP contribution in [0.15, 0.2) is 58.3 Å². The molecule has 0 saturated carbocycles. The summed E-state index contributed by atoms with van der Waals surface area (Å²) in [5.74, 6) is 0. The van der Waals surface area contributed by atoms with Crippen LogP contribution in [0.2, 0.25) is 0 Å². The lowest BCUT2D eigenvalue weighted by molar-refractivity contribution is 0.479. The Balaban J connectivity index is 0.000000408. The van der Waals surface area contributed by atoms with Crippen LogP contribution in [0.5, 0.6) is 0 Å². The highest BCUT2D eigenvalue weighted by Gasteiger charge is 2.14. The Morgan fingerprint density at radius 1 is 0.450 bits per heavy atom. The summed E-state index contributed by atoms with van der Waals surface area (Å²) < 4.78 is 63.3. The third-order valence-corrected chi connectivity index (χ3v) is 9.01. The molecule has 0 atom stereocenters. The van der Waals surface area contributed by atoms with Crippen molar-refractivity contribution in [3.63, 3.8) is 0 Å². The van der Waals surface area contributed by atoms with Crippen molar-refractivity contribution in [3.8, 4) is 0 Å². The molecule has 0 aliphatic carbocycles. The van der Waals surface area contributed by atoms with Crippen molar-refractivity contribution in [1.29, 1.82) is 0 Å². The first-order chi connectivity index (χ1) is 19.1. The summed E-state index contributed by atoms with van der Waals surface area (Å²) in [7, 11) is -8.18. The van der Waals surface area contributed by atoms with E-state index in [1.54, 1.807) is 30.3 Å². The predicted octanol–water partition coefficient (Wildman–Crippen LogP) is 9.23. The zero-order valence-electron chi connectivity index (χ0n) is 24.7. The molecule has 2 aromatic rings. The number of unbranched alkanes of at least 4 members (excludes halogenated alkanes) is 14. The minimum Gasteiger partial charge on any atom is -0.282 e. The number of aryl methyl sites for hydroxylation is 2. The fourth-order valence-corrected chi connectivity index (χ4v) is 6.33. The highest BCUT2D eigenvalue weighted by Crippen LogP contribution is 2.19. The van der Waals surface area contributed by atoms with Gasteiger partial charge in [0.05, 0.1) is 9.79 Å². The fraction of sp³-hybridized carbons (Fsp3) is 0.625. The highest BCUT2D eigenvalue weighted by molar-refractivity contribution is 7.86. The molecule has 0 aromatic heterocycles. The lowest BCUT2D eigenvalue weighted by atomic mass is 10.0. The molecule has 2 N–H and O–H groups in total. The molecule has 6 nitrogen and oxygen atoms in total. The second kappa shape index (κ2) is 21.0. The monoisotopic (exact) mass is 596 g/mol. The average Bonchev–Trinajstić information content (AvgIpc) is 2.91. The molecule has 2 rings (SSSR count). The van der Waals surface area contributed by atoms with Gasteiger partial charge in [-0.1, -0.05) is 140 Å². The largest absolute Gasteiger partial charge is 0.294 e. The van der Waals surface area contributed by atoms with E-state index in [0.29, 0.717) is 12.8 Å². The third kappa shape index (κ3) is 16.5. The standard InChI is InChI=1S/C18H30O3S.C14H22O3S/c1-2-3-4-5-6-7-8-9-10-11-14-17-15-12-13-16-18(17)22(19,20)21;1-2-3-4-5-6-7-10-13-11-8-9-12-14(13)18(15,16)17/h12-13,15-16H,2-11,14H2,1H3,(H,19,20,21);8-9,11-12H,2-7,10H2,1H3,(H,15,16,17). The van der Waals surface area contributed by atoms with Gasteiger partial charge in [-0.3, -0.25) is 9.11 Å². The first kappa shape index (κ1) is 36.3. The van der Waals surface area contributed by atoms with Crippen LogP contribution in [-0.2, 0) is 33.1 Å². The van der Waals surface area contributed by atoms with Crippen molar-refractivity contribution < 1.29 is 25.9 Å². The summed E-state index contributed by atoms with van der Waals surface area (Å²) in [4.78, 5) is 0.115. The maximum Gasteiger partial charge on any atom is 0.294 e. The average molecular weight is 597 g/mol. The smallest absolute Gasteiger partial charge is 0.282 e. The van der Waals surface area contributed by atoms with Gasteiger partial charge in [0.15, 0.2) is 0 Å². The van der Waals surface area contributed by atoms with E-state index in [9.17, 15) is 21.4 Å². The van der Waals surface area contributed by atoms with Crippen molar-refractivity contribution >= 4 is 20.2 Å². The summed E-state index contributed by atoms with van der Waals surface area (Å²) in [5.41, 5.74) is 1.44. The van der Waals surface area contributed by atoms with Gasteiger partial charge in [0.25, 0.3) is 20.2 Å². The number of rotatable bonds is 20. The van der Waals surface area contributed by atoms with Gasteiger partial charge in [0.1, 0.15) is 0 Å². The van der Waals surface area contributed by atoms with Crippen molar-refractivity contribution in [3.05, 3.63) is 59.7 Å². The fourth-order valence-electron chi connectivity index (χ4n) is 4.82. The zero-order valence-corrected chi connectivity index (χ0v) is 26.3. The summed E-state index contributed by atoms with van der Waals surface area (Å²) in [5, 5.41) is 0. The van der Waals surface area contributed by atoms with Crippen molar-refractivity contribution in [1.82, 2.24) is 0 Å². The normalized spacial score (nSPS) is 11.7. The molecular weight excluding hydrogens is 544 g/mol. The van der Waals surface area contributed by atoms with Gasteiger partial charge in [-0.2, -0.15) is 16.8 Å². The third-order valence-electron chi connectivity index (χ3n) is 7.10. The molecule has 2 aromatic carbocycles. The molecule has 0 heterocycles. The lowest BCUT2D eigenvalue weighted by Gasteiger charge is -2.07. The first-order valence-corrected chi connectivity index (χ1v) is 18.1. The van der Waals surface area contributed by atoms with Crippen LogP contribution in [0.4, 0.5) is 0 Å². The Labute approximate surface area is 244 Å². The van der Waals surface area contributed by atoms with Crippen molar-refractivity contribution in [2.75, 3.05) is 0 Å². The Morgan fingerprint density at radius 2 is 0.725 bits per heavy atom. The quantitative estimate of drug-likeness (QED) is 0.116. The minimum absolute atomic E-state index is 0.0542. The first-order valence-electron chi connectivity index (χ1n) is 15.2. The number of hydrogen-bond donors (Lipinski definition) is 2. The summed E-state index contributed by atoms with van der Waals surface area (Å²) in [6.45, 7) is 4.42. The van der Waals surface area contributed by atoms with Crippen LogP contribution in [0, 0.1) is 0 Å². The van der Waals surface area contributed by atoms with Crippen molar-refractivity contribution in [2.24, 2.45) is 0 Å². The van der Waals surface area contributed by atoms with E-state index in [1.165, 1.54) is 89.2 Å². The van der Waals surface area contributed by atoms with Gasteiger partial charge >= 0.3 is 0 Å². The Kier molecular flexibility index (Phi) is 19.1. The predicted molar refractivity (Wildman–Crippen MR) is 165 cm³/mol. The molecular formula is C32H52O6S2. The molecule has 228 valence electrons. The molecule has 0 bridgehead atoms. The topological polar surface area (TPSA) is 109 Å².